The number of oxazole rings is 1. The molecule has 0 radical (unpaired) electrons. The van der Waals surface area contributed by atoms with Crippen molar-refractivity contribution in [3.8, 4) is 44.8 Å². The van der Waals surface area contributed by atoms with E-state index in [0.717, 1.165) is 61.2 Å². The molecule has 0 unspecified atom stereocenters. The van der Waals surface area contributed by atoms with Gasteiger partial charge in [0.2, 0.25) is 5.89 Å². The number of hydrogen-bond acceptors (Lipinski definition) is 5. The van der Waals surface area contributed by atoms with Crippen molar-refractivity contribution in [1.29, 1.82) is 0 Å². The summed E-state index contributed by atoms with van der Waals surface area (Å²) in [6.07, 6.45) is 0. The Kier molecular flexibility index (Phi) is 8.00. The van der Waals surface area contributed by atoms with Gasteiger partial charge in [0.1, 0.15) is 16.7 Å². The topological polar surface area (TPSA) is 42.4 Å². The van der Waals surface area contributed by atoms with Gasteiger partial charge in [0.05, 0.1) is 0 Å². The predicted molar refractivity (Wildman–Crippen MR) is 251 cm³/mol. The van der Waals surface area contributed by atoms with Gasteiger partial charge in [0, 0.05) is 59.6 Å². The Morgan fingerprint density at radius 3 is 1.77 bits per heavy atom. The van der Waals surface area contributed by atoms with E-state index in [0.29, 0.717) is 11.5 Å². The van der Waals surface area contributed by atoms with Gasteiger partial charge in [-0.3, -0.25) is 0 Å². The maximum atomic E-state index is 6.45. The van der Waals surface area contributed by atoms with E-state index in [1.54, 1.807) is 0 Å². The van der Waals surface area contributed by atoms with E-state index in [1.165, 1.54) is 42.4 Å². The minimum atomic E-state index is 0.605. The van der Waals surface area contributed by atoms with Crippen molar-refractivity contribution in [3.05, 3.63) is 206 Å². The molecular weight excluding hydrogens is 753 g/mol. The van der Waals surface area contributed by atoms with Gasteiger partial charge in [0.25, 0.3) is 0 Å². The average Bonchev–Trinajstić information content (AvgIpc) is 4.02. The number of furan rings is 1. The van der Waals surface area contributed by atoms with Gasteiger partial charge in [-0.1, -0.05) is 121 Å². The zero-order valence-corrected chi connectivity index (χ0v) is 33.1. The van der Waals surface area contributed by atoms with Crippen LogP contribution >= 0.6 is 11.3 Å². The molecular formula is C55H34N2O2S. The van der Waals surface area contributed by atoms with Crippen LogP contribution in [0.3, 0.4) is 0 Å². The summed E-state index contributed by atoms with van der Waals surface area (Å²) in [7, 11) is 0. The molecule has 0 aliphatic rings. The number of aromatic nitrogens is 1. The molecule has 5 heteroatoms. The Bertz CT molecular complexity index is 3530. The Hall–Kier alpha value is -7.73. The molecule has 0 aliphatic heterocycles. The Morgan fingerprint density at radius 1 is 0.367 bits per heavy atom. The number of nitrogens with zero attached hydrogens (tertiary/aromatic N) is 2. The molecule has 0 saturated carbocycles. The van der Waals surface area contributed by atoms with Crippen LogP contribution in [0.2, 0.25) is 0 Å². The highest BCUT2D eigenvalue weighted by atomic mass is 32.1. The summed E-state index contributed by atoms with van der Waals surface area (Å²) in [4.78, 5) is 7.15. The van der Waals surface area contributed by atoms with E-state index in [2.05, 4.69) is 175 Å². The van der Waals surface area contributed by atoms with Crippen LogP contribution in [0.25, 0.3) is 98.0 Å². The molecule has 3 aromatic heterocycles. The SMILES string of the molecule is c1ccc(-c2ccc(N(c3ccc(-c4ccc5c(c4)oc4cc6oc(-c7ccccc7)nc6cc45)cc3)c3cccc(-c4cccc5sc6ccccc6c45)c3)cc2)cc1. The first-order valence-electron chi connectivity index (χ1n) is 20.1. The first-order valence-corrected chi connectivity index (χ1v) is 20.9. The van der Waals surface area contributed by atoms with E-state index in [-0.39, 0.29) is 0 Å². The number of thiophene rings is 1. The standard InChI is InChI=1S/C55H34N2O2S/c1-3-11-35(12-4-1)36-21-26-41(27-22-36)57(43-16-9-15-40(31-43)44-18-10-20-53-54(44)46-17-7-8-19-52(46)60-53)42-28-23-37(24-29-42)39-25-30-45-47-33-48-51(34-50(47)58-49(45)32-39)59-55(56-48)38-13-5-2-6-14-38/h1-34H. The highest BCUT2D eigenvalue weighted by Crippen LogP contribution is 2.43. The largest absolute Gasteiger partial charge is 0.456 e. The smallest absolute Gasteiger partial charge is 0.227 e. The lowest BCUT2D eigenvalue weighted by molar-refractivity contribution is 0.617. The zero-order chi connectivity index (χ0) is 39.6. The van der Waals surface area contributed by atoms with E-state index < -0.39 is 0 Å². The number of hydrogen-bond donors (Lipinski definition) is 0. The summed E-state index contributed by atoms with van der Waals surface area (Å²) >= 11 is 1.85. The van der Waals surface area contributed by atoms with Gasteiger partial charge in [-0.25, -0.2) is 4.98 Å². The third-order valence-electron chi connectivity index (χ3n) is 11.5. The van der Waals surface area contributed by atoms with Crippen molar-refractivity contribution in [2.45, 2.75) is 0 Å². The normalized spacial score (nSPS) is 11.7. The number of benzene rings is 9. The van der Waals surface area contributed by atoms with Crippen LogP contribution in [0.4, 0.5) is 17.1 Å². The zero-order valence-electron chi connectivity index (χ0n) is 32.2. The van der Waals surface area contributed by atoms with Crippen molar-refractivity contribution < 1.29 is 8.83 Å². The molecule has 0 bridgehead atoms. The highest BCUT2D eigenvalue weighted by Gasteiger charge is 2.18. The summed E-state index contributed by atoms with van der Waals surface area (Å²) in [5.74, 6) is 0.605. The van der Waals surface area contributed by atoms with Crippen molar-refractivity contribution in [1.82, 2.24) is 4.98 Å². The van der Waals surface area contributed by atoms with Crippen LogP contribution in [0.1, 0.15) is 0 Å². The fourth-order valence-electron chi connectivity index (χ4n) is 8.59. The molecule has 3 heterocycles. The van der Waals surface area contributed by atoms with E-state index in [9.17, 15) is 0 Å². The molecule has 0 fully saturated rings. The fourth-order valence-corrected chi connectivity index (χ4v) is 9.73. The monoisotopic (exact) mass is 786 g/mol. The molecule has 0 saturated heterocycles. The summed E-state index contributed by atoms with van der Waals surface area (Å²) in [5, 5.41) is 4.68. The lowest BCUT2D eigenvalue weighted by Crippen LogP contribution is -2.10. The van der Waals surface area contributed by atoms with Crippen LogP contribution in [-0.4, -0.2) is 4.98 Å². The molecule has 0 N–H and O–H groups in total. The number of fused-ring (bicyclic) bond motifs is 7. The molecule has 9 aromatic carbocycles. The van der Waals surface area contributed by atoms with Crippen molar-refractivity contribution in [2.24, 2.45) is 0 Å². The molecule has 282 valence electrons. The maximum absolute atomic E-state index is 6.45. The second kappa shape index (κ2) is 14.0. The Balaban J connectivity index is 0.921. The van der Waals surface area contributed by atoms with Gasteiger partial charge < -0.3 is 13.7 Å². The van der Waals surface area contributed by atoms with E-state index in [4.69, 9.17) is 13.8 Å². The minimum absolute atomic E-state index is 0.605. The van der Waals surface area contributed by atoms with Gasteiger partial charge in [-0.15, -0.1) is 11.3 Å². The summed E-state index contributed by atoms with van der Waals surface area (Å²) in [6.45, 7) is 0. The fraction of sp³-hybridized carbons (Fsp3) is 0. The van der Waals surface area contributed by atoms with Crippen molar-refractivity contribution in [3.63, 3.8) is 0 Å². The molecule has 0 atom stereocenters. The summed E-state index contributed by atoms with van der Waals surface area (Å²) < 4.78 is 15.2. The lowest BCUT2D eigenvalue weighted by atomic mass is 9.98. The van der Waals surface area contributed by atoms with E-state index in [1.807, 2.05) is 47.7 Å². The molecule has 60 heavy (non-hydrogen) atoms. The van der Waals surface area contributed by atoms with Crippen LogP contribution in [0, 0.1) is 0 Å². The van der Waals surface area contributed by atoms with Crippen LogP contribution in [-0.2, 0) is 0 Å². The van der Waals surface area contributed by atoms with E-state index >= 15 is 0 Å². The summed E-state index contributed by atoms with van der Waals surface area (Å²) in [5.41, 5.74) is 14.3. The quantitative estimate of drug-likeness (QED) is 0.161. The predicted octanol–water partition coefficient (Wildman–Crippen LogP) is 16.2. The third-order valence-corrected chi connectivity index (χ3v) is 12.6. The number of anilines is 3. The number of rotatable bonds is 7. The van der Waals surface area contributed by atoms with Gasteiger partial charge >= 0.3 is 0 Å². The molecule has 0 spiro atoms. The molecule has 4 nitrogen and oxygen atoms in total. The van der Waals surface area contributed by atoms with Crippen LogP contribution in [0.15, 0.2) is 215 Å². The van der Waals surface area contributed by atoms with Gasteiger partial charge in [-0.05, 0) is 112 Å². The van der Waals surface area contributed by atoms with Crippen molar-refractivity contribution >= 4 is 81.6 Å². The highest BCUT2D eigenvalue weighted by molar-refractivity contribution is 7.25. The Morgan fingerprint density at radius 2 is 0.983 bits per heavy atom. The summed E-state index contributed by atoms with van der Waals surface area (Å²) in [6, 6.07) is 73.0. The first kappa shape index (κ1) is 34.3. The second-order valence-corrected chi connectivity index (χ2v) is 16.2. The maximum Gasteiger partial charge on any atom is 0.227 e. The van der Waals surface area contributed by atoms with Gasteiger partial charge in [-0.2, -0.15) is 0 Å². The molecule has 0 aliphatic carbocycles. The minimum Gasteiger partial charge on any atom is -0.456 e. The third kappa shape index (κ3) is 5.86. The Labute approximate surface area is 349 Å². The van der Waals surface area contributed by atoms with Crippen LogP contribution < -0.4 is 4.90 Å². The van der Waals surface area contributed by atoms with Crippen LogP contribution in [0.5, 0.6) is 0 Å². The van der Waals surface area contributed by atoms with Crippen molar-refractivity contribution in [2.75, 3.05) is 4.90 Å². The van der Waals surface area contributed by atoms with Gasteiger partial charge in [0.15, 0.2) is 5.58 Å². The second-order valence-electron chi connectivity index (χ2n) is 15.1. The molecule has 0 amide bonds. The average molecular weight is 787 g/mol. The molecule has 12 rings (SSSR count). The first-order chi connectivity index (χ1) is 29.7. The molecule has 12 aromatic rings. The lowest BCUT2D eigenvalue weighted by Gasteiger charge is -2.26.